The summed E-state index contributed by atoms with van der Waals surface area (Å²) in [7, 11) is 1.90. The molecule has 3 aromatic heterocycles. The van der Waals surface area contributed by atoms with E-state index in [2.05, 4.69) is 20.2 Å². The van der Waals surface area contributed by atoms with E-state index in [-0.39, 0.29) is 11.0 Å². The van der Waals surface area contributed by atoms with Crippen LogP contribution >= 0.6 is 11.8 Å². The Morgan fingerprint density at radius 2 is 2.00 bits per heavy atom. The Labute approximate surface area is 161 Å². The number of nitrogens with zero attached hydrogens (tertiary/aromatic N) is 4. The van der Waals surface area contributed by atoms with Crippen LogP contribution in [0.2, 0.25) is 0 Å². The van der Waals surface area contributed by atoms with Gasteiger partial charge in [-0.05, 0) is 32.0 Å². The maximum Gasteiger partial charge on any atom is 0.191 e. The number of Topliss-reactive ketones (excluding diaryl/α,β-unsaturated/α-hetero) is 1. The predicted molar refractivity (Wildman–Crippen MR) is 107 cm³/mol. The van der Waals surface area contributed by atoms with Crippen molar-refractivity contribution in [3.8, 4) is 11.4 Å². The summed E-state index contributed by atoms with van der Waals surface area (Å²) >= 11 is 1.41. The van der Waals surface area contributed by atoms with Gasteiger partial charge in [-0.15, -0.1) is 10.2 Å². The molecule has 0 bridgehead atoms. The van der Waals surface area contributed by atoms with Crippen molar-refractivity contribution >= 4 is 28.4 Å². The molecule has 4 aromatic rings. The molecule has 0 amide bonds. The van der Waals surface area contributed by atoms with E-state index in [1.165, 1.54) is 11.8 Å². The summed E-state index contributed by atoms with van der Waals surface area (Å²) < 4.78 is 1.90. The van der Waals surface area contributed by atoms with Gasteiger partial charge in [0.1, 0.15) is 0 Å². The number of aromatic nitrogens is 5. The van der Waals surface area contributed by atoms with Crippen LogP contribution in [0.25, 0.3) is 22.3 Å². The van der Waals surface area contributed by atoms with Gasteiger partial charge in [0.05, 0.1) is 5.25 Å². The summed E-state index contributed by atoms with van der Waals surface area (Å²) in [6.45, 7) is 3.85. The molecular weight excluding hydrogens is 358 g/mol. The van der Waals surface area contributed by atoms with Gasteiger partial charge in [0.2, 0.25) is 0 Å². The number of aryl methyl sites for hydroxylation is 1. The van der Waals surface area contributed by atoms with E-state index in [4.69, 9.17) is 0 Å². The summed E-state index contributed by atoms with van der Waals surface area (Å²) in [4.78, 5) is 20.5. The maximum absolute atomic E-state index is 13.1. The first-order valence-electron chi connectivity index (χ1n) is 8.64. The van der Waals surface area contributed by atoms with E-state index in [9.17, 15) is 4.79 Å². The number of hydrogen-bond acceptors (Lipinski definition) is 5. The fraction of sp³-hybridized carbons (Fsp3) is 0.200. The molecule has 0 radical (unpaired) electrons. The van der Waals surface area contributed by atoms with Crippen LogP contribution in [0, 0.1) is 6.92 Å². The van der Waals surface area contributed by atoms with Gasteiger partial charge in [-0.3, -0.25) is 9.78 Å². The molecule has 0 saturated carbocycles. The van der Waals surface area contributed by atoms with E-state index in [0.29, 0.717) is 5.16 Å². The molecule has 4 rings (SSSR count). The zero-order valence-corrected chi connectivity index (χ0v) is 16.1. The lowest BCUT2D eigenvalue weighted by Gasteiger charge is -2.10. The molecule has 3 heterocycles. The highest BCUT2D eigenvalue weighted by atomic mass is 32.2. The second kappa shape index (κ2) is 7.00. The highest BCUT2D eigenvalue weighted by Crippen LogP contribution is 2.30. The van der Waals surface area contributed by atoms with Crippen molar-refractivity contribution in [2.75, 3.05) is 0 Å². The third-order valence-electron chi connectivity index (χ3n) is 4.55. The highest BCUT2D eigenvalue weighted by molar-refractivity contribution is 8.00. The van der Waals surface area contributed by atoms with Crippen LogP contribution < -0.4 is 0 Å². The standard InChI is InChI=1S/C20H19N5OS/c1-12-17(15-8-4-5-9-16(15)22-12)18(26)13(2)27-20-24-23-19(25(20)3)14-7-6-10-21-11-14/h4-11,13,22H,1-3H3. The van der Waals surface area contributed by atoms with E-state index >= 15 is 0 Å². The van der Waals surface area contributed by atoms with Crippen molar-refractivity contribution in [1.82, 2.24) is 24.7 Å². The maximum atomic E-state index is 13.1. The second-order valence-electron chi connectivity index (χ2n) is 6.40. The van der Waals surface area contributed by atoms with Gasteiger partial charge in [-0.1, -0.05) is 30.0 Å². The fourth-order valence-electron chi connectivity index (χ4n) is 3.17. The number of aromatic amines is 1. The number of benzene rings is 1. The second-order valence-corrected chi connectivity index (χ2v) is 7.71. The van der Waals surface area contributed by atoms with E-state index in [0.717, 1.165) is 33.5 Å². The number of thioether (sulfide) groups is 1. The Hall–Kier alpha value is -2.93. The van der Waals surface area contributed by atoms with Gasteiger partial charge in [0.25, 0.3) is 0 Å². The monoisotopic (exact) mass is 377 g/mol. The van der Waals surface area contributed by atoms with Crippen LogP contribution in [0.3, 0.4) is 0 Å². The summed E-state index contributed by atoms with van der Waals surface area (Å²) in [5.74, 6) is 0.814. The Kier molecular flexibility index (Phi) is 4.53. The molecule has 0 aliphatic rings. The van der Waals surface area contributed by atoms with Gasteiger partial charge in [0.15, 0.2) is 16.8 Å². The Morgan fingerprint density at radius 3 is 2.78 bits per heavy atom. The topological polar surface area (TPSA) is 76.5 Å². The Balaban J connectivity index is 1.61. The molecule has 0 aliphatic carbocycles. The normalized spacial score (nSPS) is 12.4. The Morgan fingerprint density at radius 1 is 1.19 bits per heavy atom. The molecule has 0 spiro atoms. The fourth-order valence-corrected chi connectivity index (χ4v) is 4.05. The third kappa shape index (κ3) is 3.14. The summed E-state index contributed by atoms with van der Waals surface area (Å²) in [5, 5.41) is 9.91. The van der Waals surface area contributed by atoms with Crippen LogP contribution in [0.5, 0.6) is 0 Å². The first-order chi connectivity index (χ1) is 13.1. The molecule has 6 nitrogen and oxygen atoms in total. The van der Waals surface area contributed by atoms with Crippen molar-refractivity contribution in [2.45, 2.75) is 24.3 Å². The molecule has 136 valence electrons. The molecule has 1 N–H and O–H groups in total. The molecule has 1 atom stereocenters. The zero-order valence-electron chi connectivity index (χ0n) is 15.3. The first kappa shape index (κ1) is 17.5. The van der Waals surface area contributed by atoms with Crippen molar-refractivity contribution < 1.29 is 4.79 Å². The molecule has 1 aromatic carbocycles. The quantitative estimate of drug-likeness (QED) is 0.420. The molecule has 0 fully saturated rings. The SMILES string of the molecule is Cc1[nH]c2ccccc2c1C(=O)C(C)Sc1nnc(-c2cccnc2)n1C. The predicted octanol–water partition coefficient (Wildman–Crippen LogP) is 4.03. The van der Waals surface area contributed by atoms with Crippen molar-refractivity contribution in [3.05, 3.63) is 60.0 Å². The largest absolute Gasteiger partial charge is 0.358 e. The summed E-state index contributed by atoms with van der Waals surface area (Å²) in [6.07, 6.45) is 3.47. The van der Waals surface area contributed by atoms with Crippen molar-refractivity contribution in [1.29, 1.82) is 0 Å². The van der Waals surface area contributed by atoms with Crippen LogP contribution in [-0.2, 0) is 7.05 Å². The summed E-state index contributed by atoms with van der Waals surface area (Å²) in [6, 6.07) is 11.7. The van der Waals surface area contributed by atoms with Gasteiger partial charge < -0.3 is 9.55 Å². The number of carbonyl (C=O) groups excluding carboxylic acids is 1. The van der Waals surface area contributed by atoms with Crippen LogP contribution in [0.1, 0.15) is 23.0 Å². The zero-order chi connectivity index (χ0) is 19.0. The lowest BCUT2D eigenvalue weighted by molar-refractivity contribution is 0.0995. The number of fused-ring (bicyclic) bond motifs is 1. The number of H-pyrrole nitrogens is 1. The molecule has 7 heteroatoms. The highest BCUT2D eigenvalue weighted by Gasteiger charge is 2.24. The molecule has 1 unspecified atom stereocenters. The minimum absolute atomic E-state index is 0.0841. The Bertz CT molecular complexity index is 1120. The lowest BCUT2D eigenvalue weighted by Crippen LogP contribution is -2.15. The molecule has 0 aliphatic heterocycles. The number of hydrogen-bond donors (Lipinski definition) is 1. The van der Waals surface area contributed by atoms with Crippen molar-refractivity contribution in [3.63, 3.8) is 0 Å². The minimum Gasteiger partial charge on any atom is -0.358 e. The van der Waals surface area contributed by atoms with E-state index < -0.39 is 0 Å². The van der Waals surface area contributed by atoms with Crippen molar-refractivity contribution in [2.24, 2.45) is 7.05 Å². The van der Waals surface area contributed by atoms with E-state index in [1.807, 2.05) is 61.9 Å². The van der Waals surface area contributed by atoms with Gasteiger partial charge in [0, 0.05) is 47.2 Å². The number of nitrogens with one attached hydrogen (secondary N) is 1. The number of pyridine rings is 1. The van der Waals surface area contributed by atoms with Gasteiger partial charge in [-0.2, -0.15) is 0 Å². The number of rotatable bonds is 5. The number of ketones is 1. The average molecular weight is 377 g/mol. The van der Waals surface area contributed by atoms with Crippen LogP contribution in [0.15, 0.2) is 53.9 Å². The third-order valence-corrected chi connectivity index (χ3v) is 5.68. The first-order valence-corrected chi connectivity index (χ1v) is 9.52. The van der Waals surface area contributed by atoms with E-state index in [1.54, 1.807) is 12.4 Å². The average Bonchev–Trinajstić information content (AvgIpc) is 3.21. The summed E-state index contributed by atoms with van der Waals surface area (Å²) in [5.41, 5.74) is 3.52. The number of para-hydroxylation sites is 1. The number of carbonyl (C=O) groups is 1. The van der Waals surface area contributed by atoms with Crippen LogP contribution in [0.4, 0.5) is 0 Å². The lowest BCUT2D eigenvalue weighted by atomic mass is 10.1. The molecular formula is C20H19N5OS. The van der Waals surface area contributed by atoms with Crippen LogP contribution in [-0.4, -0.2) is 35.8 Å². The van der Waals surface area contributed by atoms with Gasteiger partial charge >= 0.3 is 0 Å². The molecule has 0 saturated heterocycles. The smallest absolute Gasteiger partial charge is 0.191 e. The minimum atomic E-state index is -0.285. The van der Waals surface area contributed by atoms with Gasteiger partial charge in [-0.25, -0.2) is 0 Å². The molecule has 27 heavy (non-hydrogen) atoms.